The van der Waals surface area contributed by atoms with E-state index in [4.69, 9.17) is 9.26 Å². The summed E-state index contributed by atoms with van der Waals surface area (Å²) in [7, 11) is 2.91. The predicted molar refractivity (Wildman–Crippen MR) is 85.6 cm³/mol. The van der Waals surface area contributed by atoms with E-state index in [1.54, 1.807) is 26.2 Å². The Morgan fingerprint density at radius 3 is 2.58 bits per heavy atom. The number of hydrogen-bond donors (Lipinski definition) is 0. The molecular weight excluding hydrogens is 310 g/mol. The number of benzene rings is 1. The minimum absolute atomic E-state index is 0.388. The lowest BCUT2D eigenvalue weighted by atomic mass is 10.1. The van der Waals surface area contributed by atoms with Gasteiger partial charge in [-0.05, 0) is 24.3 Å². The van der Waals surface area contributed by atoms with Gasteiger partial charge in [-0.1, -0.05) is 11.2 Å². The molecule has 1 aromatic carbocycles. The third-order valence-corrected chi connectivity index (χ3v) is 3.45. The smallest absolute Gasteiger partial charge is 0.339 e. The summed E-state index contributed by atoms with van der Waals surface area (Å²) < 4.78 is 15.1. The van der Waals surface area contributed by atoms with E-state index in [9.17, 15) is 4.79 Å². The fraction of sp³-hybridized carbons (Fsp3) is 0.176. The molecule has 122 valence electrons. The molecule has 0 fully saturated rings. The molecule has 0 atom stereocenters. The van der Waals surface area contributed by atoms with Crippen LogP contribution >= 0.6 is 0 Å². The second-order valence-electron chi connectivity index (χ2n) is 4.98. The first kappa shape index (κ1) is 15.7. The number of aromatic nitrogens is 3. The van der Waals surface area contributed by atoms with E-state index in [1.807, 2.05) is 18.2 Å². The summed E-state index contributed by atoms with van der Waals surface area (Å²) in [6.07, 6.45) is 1.47. The van der Waals surface area contributed by atoms with Crippen LogP contribution in [0.2, 0.25) is 0 Å². The fourth-order valence-corrected chi connectivity index (χ4v) is 2.25. The number of pyridine rings is 1. The monoisotopic (exact) mass is 325 g/mol. The zero-order valence-corrected chi connectivity index (χ0v) is 13.4. The Labute approximate surface area is 138 Å². The minimum atomic E-state index is -0.427. The maximum absolute atomic E-state index is 11.5. The molecule has 0 aliphatic carbocycles. The molecule has 0 saturated heterocycles. The van der Waals surface area contributed by atoms with Crippen molar-refractivity contribution in [3.05, 3.63) is 48.0 Å². The molecular formula is C17H15N3O4. The van der Waals surface area contributed by atoms with Crippen molar-refractivity contribution in [2.75, 3.05) is 14.2 Å². The number of aryl methyl sites for hydroxylation is 1. The average molecular weight is 325 g/mol. The van der Waals surface area contributed by atoms with Gasteiger partial charge in [0.15, 0.2) is 0 Å². The molecule has 2 aromatic heterocycles. The van der Waals surface area contributed by atoms with Crippen molar-refractivity contribution >= 4 is 5.97 Å². The summed E-state index contributed by atoms with van der Waals surface area (Å²) in [5.74, 6) is 1.18. The van der Waals surface area contributed by atoms with Crippen molar-refractivity contribution in [1.29, 1.82) is 0 Å². The number of ether oxygens (including phenoxy) is 2. The van der Waals surface area contributed by atoms with Gasteiger partial charge < -0.3 is 14.0 Å². The molecule has 0 bridgehead atoms. The molecule has 7 nitrogen and oxygen atoms in total. The highest BCUT2D eigenvalue weighted by Gasteiger charge is 2.13. The number of rotatable bonds is 4. The number of esters is 1. The van der Waals surface area contributed by atoms with Gasteiger partial charge in [-0.2, -0.15) is 4.98 Å². The maximum Gasteiger partial charge on any atom is 0.339 e. The highest BCUT2D eigenvalue weighted by molar-refractivity contribution is 5.89. The van der Waals surface area contributed by atoms with Crippen LogP contribution < -0.4 is 4.74 Å². The van der Waals surface area contributed by atoms with Crippen molar-refractivity contribution in [3.63, 3.8) is 0 Å². The van der Waals surface area contributed by atoms with E-state index in [2.05, 4.69) is 19.9 Å². The van der Waals surface area contributed by atoms with Gasteiger partial charge in [-0.15, -0.1) is 0 Å². The summed E-state index contributed by atoms with van der Waals surface area (Å²) in [5, 5.41) is 3.90. The van der Waals surface area contributed by atoms with Crippen LogP contribution in [0.5, 0.6) is 5.75 Å². The van der Waals surface area contributed by atoms with E-state index >= 15 is 0 Å². The first-order valence-electron chi connectivity index (χ1n) is 7.16. The molecule has 0 N–H and O–H groups in total. The molecule has 3 rings (SSSR count). The van der Waals surface area contributed by atoms with E-state index in [0.29, 0.717) is 28.7 Å². The van der Waals surface area contributed by atoms with Gasteiger partial charge in [0, 0.05) is 24.2 Å². The highest BCUT2D eigenvalue weighted by Crippen LogP contribution is 2.32. The van der Waals surface area contributed by atoms with E-state index in [1.165, 1.54) is 13.3 Å². The van der Waals surface area contributed by atoms with Crippen LogP contribution in [0.1, 0.15) is 16.2 Å². The molecule has 0 amide bonds. The largest absolute Gasteiger partial charge is 0.496 e. The number of hydrogen-bond acceptors (Lipinski definition) is 7. The zero-order chi connectivity index (χ0) is 17.1. The van der Waals surface area contributed by atoms with E-state index < -0.39 is 5.97 Å². The summed E-state index contributed by atoms with van der Waals surface area (Å²) >= 11 is 0. The zero-order valence-electron chi connectivity index (χ0n) is 13.4. The summed E-state index contributed by atoms with van der Waals surface area (Å²) in [5.41, 5.74) is 2.63. The normalized spacial score (nSPS) is 10.5. The Hall–Kier alpha value is -3.22. The van der Waals surface area contributed by atoms with Gasteiger partial charge in [-0.25, -0.2) is 4.79 Å². The molecule has 0 aliphatic rings. The molecule has 3 aromatic rings. The van der Waals surface area contributed by atoms with E-state index in [0.717, 1.165) is 11.1 Å². The number of nitrogens with zero attached hydrogens (tertiary/aromatic N) is 3. The molecule has 0 unspecified atom stereocenters. The van der Waals surface area contributed by atoms with Crippen LogP contribution in [-0.4, -0.2) is 35.3 Å². The lowest BCUT2D eigenvalue weighted by Gasteiger charge is -2.09. The van der Waals surface area contributed by atoms with Crippen molar-refractivity contribution < 1.29 is 18.8 Å². The van der Waals surface area contributed by atoms with Crippen molar-refractivity contribution in [1.82, 2.24) is 15.1 Å². The molecule has 0 spiro atoms. The summed E-state index contributed by atoms with van der Waals surface area (Å²) in [6, 6.07) is 8.93. The van der Waals surface area contributed by atoms with Crippen LogP contribution in [0.3, 0.4) is 0 Å². The second kappa shape index (κ2) is 6.49. The molecule has 0 aliphatic heterocycles. The first-order valence-corrected chi connectivity index (χ1v) is 7.16. The Morgan fingerprint density at radius 1 is 1.17 bits per heavy atom. The second-order valence-corrected chi connectivity index (χ2v) is 4.98. The topological polar surface area (TPSA) is 87.3 Å². The molecule has 2 heterocycles. The van der Waals surface area contributed by atoms with E-state index in [-0.39, 0.29) is 0 Å². The Morgan fingerprint density at radius 2 is 2.00 bits per heavy atom. The summed E-state index contributed by atoms with van der Waals surface area (Å²) in [4.78, 5) is 20.0. The van der Waals surface area contributed by atoms with Crippen molar-refractivity contribution in [3.8, 4) is 28.4 Å². The van der Waals surface area contributed by atoms with Gasteiger partial charge in [0.25, 0.3) is 0 Å². The summed E-state index contributed by atoms with van der Waals surface area (Å²) in [6.45, 7) is 1.73. The van der Waals surface area contributed by atoms with Gasteiger partial charge in [0.1, 0.15) is 5.75 Å². The quantitative estimate of drug-likeness (QED) is 0.681. The molecule has 24 heavy (non-hydrogen) atoms. The predicted octanol–water partition coefficient (Wildman–Crippen LogP) is 2.90. The minimum Gasteiger partial charge on any atom is -0.496 e. The van der Waals surface area contributed by atoms with Crippen LogP contribution in [-0.2, 0) is 4.74 Å². The molecule has 7 heteroatoms. The van der Waals surface area contributed by atoms with Gasteiger partial charge in [0.05, 0.1) is 25.5 Å². The third kappa shape index (κ3) is 2.96. The number of carbonyl (C=O) groups excluding carboxylic acids is 1. The Kier molecular flexibility index (Phi) is 4.24. The van der Waals surface area contributed by atoms with Gasteiger partial charge in [0.2, 0.25) is 11.7 Å². The van der Waals surface area contributed by atoms with Crippen LogP contribution in [0, 0.1) is 6.92 Å². The molecule has 0 radical (unpaired) electrons. The van der Waals surface area contributed by atoms with Crippen molar-refractivity contribution in [2.24, 2.45) is 0 Å². The van der Waals surface area contributed by atoms with Crippen LogP contribution in [0.4, 0.5) is 0 Å². The average Bonchev–Trinajstić information content (AvgIpc) is 3.07. The highest BCUT2D eigenvalue weighted by atomic mass is 16.5. The molecule has 0 saturated carbocycles. The van der Waals surface area contributed by atoms with Crippen LogP contribution in [0.25, 0.3) is 22.6 Å². The maximum atomic E-state index is 11.5. The fourth-order valence-electron chi connectivity index (χ4n) is 2.25. The lowest BCUT2D eigenvalue weighted by molar-refractivity contribution is 0.0600. The van der Waals surface area contributed by atoms with Gasteiger partial charge in [-0.3, -0.25) is 4.98 Å². The van der Waals surface area contributed by atoms with Crippen molar-refractivity contribution in [2.45, 2.75) is 6.92 Å². The first-order chi connectivity index (χ1) is 11.6. The standard InChI is InChI=1S/C17H15N3O4/c1-10-19-16(20-24-10)11-4-6-13(15(8-11)22-2)14-7-5-12(9-18-14)17(21)23-3/h4-9H,1-3H3. The Balaban J connectivity index is 1.97. The lowest BCUT2D eigenvalue weighted by Crippen LogP contribution is -2.01. The third-order valence-electron chi connectivity index (χ3n) is 3.45. The van der Waals surface area contributed by atoms with Crippen LogP contribution in [0.15, 0.2) is 41.1 Å². The number of methoxy groups -OCH3 is 2. The SMILES string of the molecule is COC(=O)c1ccc(-c2ccc(-c3noc(C)n3)cc2OC)nc1. The van der Waals surface area contributed by atoms with Gasteiger partial charge >= 0.3 is 5.97 Å². The Bertz CT molecular complexity index is 872. The number of carbonyl (C=O) groups is 1.